The summed E-state index contributed by atoms with van der Waals surface area (Å²) in [6.07, 6.45) is 7.65. The van der Waals surface area contributed by atoms with Crippen LogP contribution < -0.4 is 9.64 Å². The molecule has 24 heavy (non-hydrogen) atoms. The van der Waals surface area contributed by atoms with Crippen molar-refractivity contribution in [2.75, 3.05) is 18.0 Å². The van der Waals surface area contributed by atoms with Crippen LogP contribution in [-0.4, -0.2) is 33.5 Å². The molecule has 7 heteroatoms. The Morgan fingerprint density at radius 1 is 1.25 bits per heavy atom. The van der Waals surface area contributed by atoms with Gasteiger partial charge in [-0.1, -0.05) is 12.8 Å². The van der Waals surface area contributed by atoms with Crippen molar-refractivity contribution >= 4 is 16.7 Å². The fourth-order valence-corrected chi connectivity index (χ4v) is 4.17. The van der Waals surface area contributed by atoms with Crippen molar-refractivity contribution in [3.05, 3.63) is 29.7 Å². The molecule has 1 aliphatic heterocycles. The third kappa shape index (κ3) is 3.20. The third-order valence-corrected chi connectivity index (χ3v) is 5.51. The molecule has 6 nitrogen and oxygen atoms in total. The fraction of sp³-hybridized carbons (Fsp3) is 0.529. The van der Waals surface area contributed by atoms with E-state index < -0.39 is 0 Å². The number of nitrogens with zero attached hydrogens (tertiary/aromatic N) is 5. The van der Waals surface area contributed by atoms with Gasteiger partial charge in [-0.3, -0.25) is 0 Å². The predicted octanol–water partition coefficient (Wildman–Crippen LogP) is 3.12. The second-order valence-electron chi connectivity index (χ2n) is 6.39. The Balaban J connectivity index is 1.36. The molecule has 4 rings (SSSR count). The summed E-state index contributed by atoms with van der Waals surface area (Å²) in [6, 6.07) is 5.55. The summed E-state index contributed by atoms with van der Waals surface area (Å²) >= 11 is 1.50. The molecule has 2 fully saturated rings. The van der Waals surface area contributed by atoms with Crippen molar-refractivity contribution < 1.29 is 4.74 Å². The van der Waals surface area contributed by atoms with Crippen LogP contribution in [-0.2, 0) is 0 Å². The molecule has 0 amide bonds. The summed E-state index contributed by atoms with van der Waals surface area (Å²) in [5.74, 6) is 2.17. The maximum absolute atomic E-state index is 8.80. The number of aromatic nitrogens is 3. The molecule has 1 aliphatic carbocycles. The highest BCUT2D eigenvalue weighted by Crippen LogP contribution is 2.35. The van der Waals surface area contributed by atoms with E-state index in [0.29, 0.717) is 17.4 Å². The first kappa shape index (κ1) is 15.3. The van der Waals surface area contributed by atoms with Gasteiger partial charge in [-0.05, 0) is 18.9 Å². The lowest BCUT2D eigenvalue weighted by molar-refractivity contribution is 0.216. The lowest BCUT2D eigenvalue weighted by atomic mass is 10.1. The topological polar surface area (TPSA) is 74.9 Å². The van der Waals surface area contributed by atoms with Gasteiger partial charge in [0, 0.05) is 42.7 Å². The maximum Gasteiger partial charge on any atom is 0.213 e. The molecule has 0 radical (unpaired) electrons. The van der Waals surface area contributed by atoms with E-state index in [9.17, 15) is 0 Å². The monoisotopic (exact) mass is 341 g/mol. The van der Waals surface area contributed by atoms with Crippen molar-refractivity contribution in [3.8, 4) is 11.9 Å². The first-order valence-corrected chi connectivity index (χ1v) is 9.20. The minimum Gasteiger partial charge on any atom is -0.472 e. The van der Waals surface area contributed by atoms with Gasteiger partial charge < -0.3 is 9.64 Å². The first-order chi connectivity index (χ1) is 11.8. The van der Waals surface area contributed by atoms with Crippen molar-refractivity contribution in [2.45, 2.75) is 44.1 Å². The summed E-state index contributed by atoms with van der Waals surface area (Å²) in [5, 5.41) is 9.81. The Kier molecular flexibility index (Phi) is 4.30. The lowest BCUT2D eigenvalue weighted by Gasteiger charge is -2.15. The summed E-state index contributed by atoms with van der Waals surface area (Å²) in [6.45, 7) is 1.74. The van der Waals surface area contributed by atoms with Gasteiger partial charge in [0.1, 0.15) is 18.0 Å². The molecule has 1 saturated carbocycles. The number of anilines is 1. The van der Waals surface area contributed by atoms with Gasteiger partial charge in [-0.15, -0.1) is 0 Å². The smallest absolute Gasteiger partial charge is 0.213 e. The molecule has 3 heterocycles. The largest absolute Gasteiger partial charge is 0.472 e. The second-order valence-corrected chi connectivity index (χ2v) is 7.12. The van der Waals surface area contributed by atoms with Crippen LogP contribution in [0.4, 0.5) is 5.13 Å². The third-order valence-electron chi connectivity index (χ3n) is 4.72. The van der Waals surface area contributed by atoms with Crippen LogP contribution in [0.3, 0.4) is 0 Å². The minimum atomic E-state index is 0.101. The Morgan fingerprint density at radius 3 is 2.88 bits per heavy atom. The zero-order chi connectivity index (χ0) is 16.4. The number of pyridine rings is 1. The number of ether oxygens (including phenoxy) is 1. The molecule has 0 bridgehead atoms. The van der Waals surface area contributed by atoms with Crippen LogP contribution in [0.1, 0.15) is 49.4 Å². The zero-order valence-corrected chi connectivity index (χ0v) is 14.2. The number of nitriles is 1. The summed E-state index contributed by atoms with van der Waals surface area (Å²) < 4.78 is 10.5. The van der Waals surface area contributed by atoms with Crippen LogP contribution in [0.25, 0.3) is 0 Å². The van der Waals surface area contributed by atoms with Gasteiger partial charge in [0.15, 0.2) is 0 Å². The molecule has 124 valence electrons. The number of rotatable bonds is 4. The zero-order valence-electron chi connectivity index (χ0n) is 13.4. The van der Waals surface area contributed by atoms with Crippen molar-refractivity contribution in [1.29, 1.82) is 5.26 Å². The Labute approximate surface area is 145 Å². The van der Waals surface area contributed by atoms with Gasteiger partial charge >= 0.3 is 0 Å². The average Bonchev–Trinajstić information content (AvgIpc) is 3.36. The molecule has 0 aromatic carbocycles. The van der Waals surface area contributed by atoms with Gasteiger partial charge in [0.25, 0.3) is 0 Å². The molecular formula is C17H19N5OS. The quantitative estimate of drug-likeness (QED) is 0.850. The fourth-order valence-electron chi connectivity index (χ4n) is 3.39. The van der Waals surface area contributed by atoms with Crippen LogP contribution in [0.2, 0.25) is 0 Å². The van der Waals surface area contributed by atoms with E-state index in [1.807, 2.05) is 0 Å². The van der Waals surface area contributed by atoms with Gasteiger partial charge in [0.05, 0.1) is 12.1 Å². The predicted molar refractivity (Wildman–Crippen MR) is 91.3 cm³/mol. The SMILES string of the molecule is N#Cc1ccc(OC2CCN(c3nc(C4CCCC4)ns3)C2)nc1. The van der Waals surface area contributed by atoms with Crippen LogP contribution in [0, 0.1) is 11.3 Å². The molecule has 1 saturated heterocycles. The van der Waals surface area contributed by atoms with E-state index in [1.54, 1.807) is 18.3 Å². The maximum atomic E-state index is 8.80. The van der Waals surface area contributed by atoms with Gasteiger partial charge in [0.2, 0.25) is 11.0 Å². The minimum absolute atomic E-state index is 0.101. The molecule has 1 unspecified atom stereocenters. The highest BCUT2D eigenvalue weighted by Gasteiger charge is 2.28. The Morgan fingerprint density at radius 2 is 2.12 bits per heavy atom. The van der Waals surface area contributed by atoms with E-state index in [0.717, 1.165) is 30.5 Å². The van der Waals surface area contributed by atoms with Crippen LogP contribution >= 0.6 is 11.5 Å². The lowest BCUT2D eigenvalue weighted by Crippen LogP contribution is -2.24. The molecule has 1 atom stereocenters. The van der Waals surface area contributed by atoms with Crippen molar-refractivity contribution in [1.82, 2.24) is 14.3 Å². The van der Waals surface area contributed by atoms with E-state index in [1.165, 1.54) is 37.2 Å². The normalized spacial score (nSPS) is 21.1. The standard InChI is InChI=1S/C17H19N5OS/c18-9-12-5-6-15(19-10-12)23-14-7-8-22(11-14)17-20-16(21-24-17)13-3-1-2-4-13/h5-6,10,13-14H,1-4,7-8,11H2. The molecule has 2 aliphatic rings. The van der Waals surface area contributed by atoms with Gasteiger partial charge in [-0.2, -0.15) is 9.64 Å². The molecule has 0 spiro atoms. The molecular weight excluding hydrogens is 322 g/mol. The van der Waals surface area contributed by atoms with Crippen molar-refractivity contribution in [2.24, 2.45) is 0 Å². The average molecular weight is 341 g/mol. The van der Waals surface area contributed by atoms with E-state index in [-0.39, 0.29) is 6.10 Å². The highest BCUT2D eigenvalue weighted by atomic mass is 32.1. The van der Waals surface area contributed by atoms with Gasteiger partial charge in [-0.25, -0.2) is 9.97 Å². The van der Waals surface area contributed by atoms with Crippen molar-refractivity contribution in [3.63, 3.8) is 0 Å². The van der Waals surface area contributed by atoms with E-state index in [4.69, 9.17) is 15.0 Å². The van der Waals surface area contributed by atoms with E-state index in [2.05, 4.69) is 20.3 Å². The summed E-state index contributed by atoms with van der Waals surface area (Å²) in [4.78, 5) is 11.2. The molecule has 2 aromatic heterocycles. The van der Waals surface area contributed by atoms with E-state index >= 15 is 0 Å². The summed E-state index contributed by atoms with van der Waals surface area (Å²) in [5.41, 5.74) is 0.545. The molecule has 2 aromatic rings. The number of hydrogen-bond donors (Lipinski definition) is 0. The second kappa shape index (κ2) is 6.73. The molecule has 0 N–H and O–H groups in total. The first-order valence-electron chi connectivity index (χ1n) is 8.43. The highest BCUT2D eigenvalue weighted by molar-refractivity contribution is 7.09. The Bertz CT molecular complexity index is 732. The van der Waals surface area contributed by atoms with Crippen LogP contribution in [0.5, 0.6) is 5.88 Å². The Hall–Kier alpha value is -2.20. The summed E-state index contributed by atoms with van der Waals surface area (Å²) in [7, 11) is 0. The van der Waals surface area contributed by atoms with Crippen LogP contribution in [0.15, 0.2) is 18.3 Å². The number of hydrogen-bond acceptors (Lipinski definition) is 7.